The standard InChI is InChI=1S/C17H24N2/c1-14-11-15(12-18)9-10-16(14)13-19-17-7-5-3-2-4-6-8-17/h9-11,17,19H,2-8,13H2,1H3. The van der Waals surface area contributed by atoms with Crippen LogP contribution in [-0.4, -0.2) is 6.04 Å². The Balaban J connectivity index is 1.88. The molecule has 1 aromatic rings. The van der Waals surface area contributed by atoms with E-state index < -0.39 is 0 Å². The lowest BCUT2D eigenvalue weighted by atomic mass is 9.96. The molecule has 1 N–H and O–H groups in total. The van der Waals surface area contributed by atoms with Crippen molar-refractivity contribution in [3.63, 3.8) is 0 Å². The fraction of sp³-hybridized carbons (Fsp3) is 0.588. The average molecular weight is 256 g/mol. The molecule has 0 saturated heterocycles. The van der Waals surface area contributed by atoms with Crippen LogP contribution in [0.5, 0.6) is 0 Å². The molecule has 1 saturated carbocycles. The molecule has 0 aliphatic heterocycles. The number of benzene rings is 1. The third kappa shape index (κ3) is 4.36. The maximum atomic E-state index is 8.88. The van der Waals surface area contributed by atoms with Gasteiger partial charge in [-0.2, -0.15) is 5.26 Å². The number of hydrogen-bond donors (Lipinski definition) is 1. The molecule has 0 atom stereocenters. The second-order valence-electron chi connectivity index (χ2n) is 5.68. The van der Waals surface area contributed by atoms with E-state index in [-0.39, 0.29) is 0 Å². The van der Waals surface area contributed by atoms with Crippen molar-refractivity contribution >= 4 is 0 Å². The van der Waals surface area contributed by atoms with E-state index in [9.17, 15) is 0 Å². The number of hydrogen-bond acceptors (Lipinski definition) is 2. The maximum Gasteiger partial charge on any atom is 0.0991 e. The minimum absolute atomic E-state index is 0.676. The Kier molecular flexibility index (Phi) is 5.42. The van der Waals surface area contributed by atoms with Crippen molar-refractivity contribution in [2.45, 2.75) is 64.5 Å². The van der Waals surface area contributed by atoms with Crippen LogP contribution >= 0.6 is 0 Å². The van der Waals surface area contributed by atoms with Crippen LogP contribution in [0.4, 0.5) is 0 Å². The van der Waals surface area contributed by atoms with Gasteiger partial charge in [0.1, 0.15) is 0 Å². The zero-order valence-corrected chi connectivity index (χ0v) is 11.9. The molecule has 1 aromatic carbocycles. The third-order valence-corrected chi connectivity index (χ3v) is 4.16. The molecule has 1 aliphatic carbocycles. The molecule has 0 radical (unpaired) electrons. The molecule has 2 rings (SSSR count). The van der Waals surface area contributed by atoms with Crippen LogP contribution in [-0.2, 0) is 6.54 Å². The van der Waals surface area contributed by atoms with E-state index in [0.717, 1.165) is 12.1 Å². The van der Waals surface area contributed by atoms with E-state index >= 15 is 0 Å². The second-order valence-corrected chi connectivity index (χ2v) is 5.68. The monoisotopic (exact) mass is 256 g/mol. The Morgan fingerprint density at radius 1 is 1.16 bits per heavy atom. The molecule has 1 fully saturated rings. The van der Waals surface area contributed by atoms with Crippen molar-refractivity contribution in [1.29, 1.82) is 5.26 Å². The predicted molar refractivity (Wildman–Crippen MR) is 78.8 cm³/mol. The smallest absolute Gasteiger partial charge is 0.0991 e. The number of aryl methyl sites for hydroxylation is 1. The van der Waals surface area contributed by atoms with E-state index in [1.54, 1.807) is 0 Å². The van der Waals surface area contributed by atoms with Crippen LogP contribution in [0.25, 0.3) is 0 Å². The van der Waals surface area contributed by atoms with Crippen molar-refractivity contribution in [2.24, 2.45) is 0 Å². The number of nitrogens with one attached hydrogen (secondary N) is 1. The normalized spacial score (nSPS) is 17.5. The van der Waals surface area contributed by atoms with Crippen LogP contribution in [0.2, 0.25) is 0 Å². The van der Waals surface area contributed by atoms with Gasteiger partial charge in [-0.05, 0) is 43.0 Å². The quantitative estimate of drug-likeness (QED) is 0.885. The van der Waals surface area contributed by atoms with E-state index in [0.29, 0.717) is 6.04 Å². The van der Waals surface area contributed by atoms with Crippen LogP contribution in [0.15, 0.2) is 18.2 Å². The largest absolute Gasteiger partial charge is 0.310 e. The molecule has 19 heavy (non-hydrogen) atoms. The Hall–Kier alpha value is -1.33. The van der Waals surface area contributed by atoms with Gasteiger partial charge in [-0.1, -0.05) is 38.2 Å². The lowest BCUT2D eigenvalue weighted by Crippen LogP contribution is -2.29. The van der Waals surface area contributed by atoms with E-state index in [1.165, 1.54) is 56.1 Å². The molecule has 2 heteroatoms. The first-order valence-electron chi connectivity index (χ1n) is 7.52. The minimum Gasteiger partial charge on any atom is -0.310 e. The van der Waals surface area contributed by atoms with Gasteiger partial charge in [-0.3, -0.25) is 0 Å². The average Bonchev–Trinajstić information content (AvgIpc) is 2.38. The van der Waals surface area contributed by atoms with Crippen LogP contribution < -0.4 is 5.32 Å². The van der Waals surface area contributed by atoms with Gasteiger partial charge in [0.15, 0.2) is 0 Å². The highest BCUT2D eigenvalue weighted by molar-refractivity contribution is 5.37. The topological polar surface area (TPSA) is 35.8 Å². The molecule has 102 valence electrons. The number of nitriles is 1. The molecule has 2 nitrogen and oxygen atoms in total. The van der Waals surface area contributed by atoms with E-state index in [2.05, 4.69) is 24.4 Å². The van der Waals surface area contributed by atoms with Gasteiger partial charge in [0.2, 0.25) is 0 Å². The first-order chi connectivity index (χ1) is 9.29. The van der Waals surface area contributed by atoms with Gasteiger partial charge >= 0.3 is 0 Å². The highest BCUT2D eigenvalue weighted by Crippen LogP contribution is 2.18. The van der Waals surface area contributed by atoms with Crippen molar-refractivity contribution in [3.8, 4) is 6.07 Å². The molecule has 1 aliphatic rings. The first-order valence-corrected chi connectivity index (χ1v) is 7.52. The fourth-order valence-electron chi connectivity index (χ4n) is 2.88. The summed E-state index contributed by atoms with van der Waals surface area (Å²) in [5, 5.41) is 12.6. The Morgan fingerprint density at radius 3 is 2.47 bits per heavy atom. The van der Waals surface area contributed by atoms with Gasteiger partial charge < -0.3 is 5.32 Å². The van der Waals surface area contributed by atoms with Crippen LogP contribution in [0.1, 0.15) is 61.6 Å². The van der Waals surface area contributed by atoms with Crippen molar-refractivity contribution < 1.29 is 0 Å². The molecule has 0 bridgehead atoms. The zero-order valence-electron chi connectivity index (χ0n) is 11.9. The van der Waals surface area contributed by atoms with Crippen LogP contribution in [0, 0.1) is 18.3 Å². The molecule has 0 heterocycles. The van der Waals surface area contributed by atoms with Gasteiger partial charge in [0.25, 0.3) is 0 Å². The number of nitrogens with zero attached hydrogens (tertiary/aromatic N) is 1. The second kappa shape index (κ2) is 7.31. The number of rotatable bonds is 3. The summed E-state index contributed by atoms with van der Waals surface area (Å²) in [6.45, 7) is 3.03. The third-order valence-electron chi connectivity index (χ3n) is 4.16. The van der Waals surface area contributed by atoms with E-state index in [1.807, 2.05) is 12.1 Å². The summed E-state index contributed by atoms with van der Waals surface area (Å²) in [4.78, 5) is 0. The lowest BCUT2D eigenvalue weighted by Gasteiger charge is -2.21. The van der Waals surface area contributed by atoms with Gasteiger partial charge in [0, 0.05) is 12.6 Å². The molecular weight excluding hydrogens is 232 g/mol. The summed E-state index contributed by atoms with van der Waals surface area (Å²) < 4.78 is 0. The van der Waals surface area contributed by atoms with Gasteiger partial charge in [-0.15, -0.1) is 0 Å². The zero-order chi connectivity index (χ0) is 13.5. The summed E-state index contributed by atoms with van der Waals surface area (Å²) in [5.74, 6) is 0. The molecule has 0 aromatic heterocycles. The Labute approximate surface area is 116 Å². The summed E-state index contributed by atoms with van der Waals surface area (Å²) in [6, 6.07) is 8.86. The maximum absolute atomic E-state index is 8.88. The molecule has 0 amide bonds. The van der Waals surface area contributed by atoms with Crippen molar-refractivity contribution in [1.82, 2.24) is 5.32 Å². The fourth-order valence-corrected chi connectivity index (χ4v) is 2.88. The molecular formula is C17H24N2. The summed E-state index contributed by atoms with van der Waals surface area (Å²) in [6.07, 6.45) is 9.57. The highest BCUT2D eigenvalue weighted by atomic mass is 14.9. The highest BCUT2D eigenvalue weighted by Gasteiger charge is 2.11. The predicted octanol–water partition coefficient (Wildman–Crippen LogP) is 4.07. The van der Waals surface area contributed by atoms with Crippen molar-refractivity contribution in [2.75, 3.05) is 0 Å². The molecule has 0 spiro atoms. The summed E-state index contributed by atoms with van der Waals surface area (Å²) in [5.41, 5.74) is 3.30. The first kappa shape index (κ1) is 14.1. The summed E-state index contributed by atoms with van der Waals surface area (Å²) >= 11 is 0. The Morgan fingerprint density at radius 2 is 1.84 bits per heavy atom. The SMILES string of the molecule is Cc1cc(C#N)ccc1CNC1CCCCCCC1. The van der Waals surface area contributed by atoms with E-state index in [4.69, 9.17) is 5.26 Å². The lowest BCUT2D eigenvalue weighted by molar-refractivity contribution is 0.389. The Bertz CT molecular complexity index is 437. The van der Waals surface area contributed by atoms with Gasteiger partial charge in [-0.25, -0.2) is 0 Å². The minimum atomic E-state index is 0.676. The molecule has 0 unspecified atom stereocenters. The van der Waals surface area contributed by atoms with Crippen molar-refractivity contribution in [3.05, 3.63) is 34.9 Å². The van der Waals surface area contributed by atoms with Crippen LogP contribution in [0.3, 0.4) is 0 Å². The van der Waals surface area contributed by atoms with Gasteiger partial charge in [0.05, 0.1) is 11.6 Å². The summed E-state index contributed by atoms with van der Waals surface area (Å²) in [7, 11) is 0.